The molecule has 0 saturated heterocycles. The molecule has 2 aromatic heterocycles. The molecule has 1 aliphatic rings. The highest BCUT2D eigenvalue weighted by molar-refractivity contribution is 9.10. The lowest BCUT2D eigenvalue weighted by atomic mass is 9.92. The number of aromatic nitrogens is 1. The van der Waals surface area contributed by atoms with E-state index in [-0.39, 0.29) is 12.2 Å². The van der Waals surface area contributed by atoms with Gasteiger partial charge >= 0.3 is 5.97 Å². The Morgan fingerprint density at radius 3 is 2.60 bits per heavy atom. The second kappa shape index (κ2) is 11.9. The van der Waals surface area contributed by atoms with Gasteiger partial charge < -0.3 is 9.15 Å². The molecule has 0 amide bonds. The molecule has 206 valence electrons. The predicted octanol–water partition coefficient (Wildman–Crippen LogP) is 6.72. The Morgan fingerprint density at radius 2 is 1.93 bits per heavy atom. The first-order valence-corrected chi connectivity index (χ1v) is 15.1. The number of hydrogen-bond acceptors (Lipinski definition) is 6. The van der Waals surface area contributed by atoms with Gasteiger partial charge in [0, 0.05) is 16.1 Å². The van der Waals surface area contributed by atoms with E-state index in [4.69, 9.17) is 14.1 Å². The number of hydrogen-bond donors (Lipinski definition) is 0. The van der Waals surface area contributed by atoms with E-state index in [1.54, 1.807) is 17.6 Å². The number of thiazole rings is 1. The van der Waals surface area contributed by atoms with E-state index < -0.39 is 12.0 Å². The van der Waals surface area contributed by atoms with E-state index in [1.807, 2.05) is 55.5 Å². The number of carbonyl (C=O) groups excluding carboxylic acids is 1. The van der Waals surface area contributed by atoms with Gasteiger partial charge in [0.1, 0.15) is 11.5 Å². The molecule has 0 N–H and O–H groups in total. The number of furan rings is 1. The molecule has 0 fully saturated rings. The zero-order valence-electron chi connectivity index (χ0n) is 22.9. The van der Waals surface area contributed by atoms with Crippen molar-refractivity contribution in [2.24, 2.45) is 4.99 Å². The molecule has 8 heteroatoms. The summed E-state index contributed by atoms with van der Waals surface area (Å²) in [4.78, 5) is 32.7. The topological polar surface area (TPSA) is 73.8 Å². The average Bonchev–Trinajstić information content (AvgIpc) is 3.53. The molecule has 4 aromatic rings. The lowest BCUT2D eigenvalue weighted by Crippen LogP contribution is -2.40. The normalized spacial score (nSPS) is 15.3. The Balaban J connectivity index is 1.67. The number of allylic oxidation sites excluding steroid dienone is 1. The molecule has 3 heterocycles. The van der Waals surface area contributed by atoms with Crippen molar-refractivity contribution in [2.75, 3.05) is 6.61 Å². The summed E-state index contributed by atoms with van der Waals surface area (Å²) in [6.07, 6.45) is 3.16. The van der Waals surface area contributed by atoms with Crippen LogP contribution in [0.2, 0.25) is 0 Å². The minimum atomic E-state index is -0.631. The van der Waals surface area contributed by atoms with Crippen molar-refractivity contribution in [3.63, 3.8) is 0 Å². The third-order valence-electron chi connectivity index (χ3n) is 6.82. The first-order chi connectivity index (χ1) is 19.3. The lowest BCUT2D eigenvalue weighted by molar-refractivity contribution is -0.139. The Hall–Kier alpha value is -3.49. The summed E-state index contributed by atoms with van der Waals surface area (Å²) >= 11 is 4.80. The van der Waals surface area contributed by atoms with Crippen LogP contribution in [0.4, 0.5) is 0 Å². The number of fused-ring (bicyclic) bond motifs is 1. The molecular weight excluding hydrogens is 588 g/mol. The molecule has 6 nitrogen and oxygen atoms in total. The molecule has 40 heavy (non-hydrogen) atoms. The number of carbonyl (C=O) groups is 1. The van der Waals surface area contributed by atoms with Gasteiger partial charge in [-0.25, -0.2) is 9.79 Å². The largest absolute Gasteiger partial charge is 0.463 e. The second-order valence-corrected chi connectivity index (χ2v) is 11.9. The number of ether oxygens (including phenoxy) is 1. The predicted molar refractivity (Wildman–Crippen MR) is 162 cm³/mol. The second-order valence-electron chi connectivity index (χ2n) is 9.95. The van der Waals surface area contributed by atoms with Gasteiger partial charge in [0.15, 0.2) is 4.80 Å². The van der Waals surface area contributed by atoms with Gasteiger partial charge in [0.25, 0.3) is 5.56 Å². The molecule has 0 saturated carbocycles. The number of esters is 1. The van der Waals surface area contributed by atoms with Crippen LogP contribution in [-0.2, 0) is 9.53 Å². The van der Waals surface area contributed by atoms with Gasteiger partial charge in [0.05, 0.1) is 28.5 Å². The van der Waals surface area contributed by atoms with Crippen LogP contribution in [0, 0.1) is 0 Å². The zero-order chi connectivity index (χ0) is 28.4. The Labute approximate surface area is 245 Å². The van der Waals surface area contributed by atoms with Crippen molar-refractivity contribution >= 4 is 39.3 Å². The maximum atomic E-state index is 13.9. The van der Waals surface area contributed by atoms with Crippen LogP contribution >= 0.6 is 27.3 Å². The Kier molecular flexibility index (Phi) is 8.38. The van der Waals surface area contributed by atoms with Crippen LogP contribution in [0.15, 0.2) is 90.6 Å². The molecule has 1 atom stereocenters. The molecule has 0 spiro atoms. The third-order valence-corrected chi connectivity index (χ3v) is 8.30. The SMILES string of the molecule is CCCC1=C(C(=O)OCC)C(c2ccc(C(C)C)cc2)n2c(s/c(=C\c3ccc(-c4cccc(Br)c4)o3)c2=O)=N1. The number of halogens is 1. The van der Waals surface area contributed by atoms with E-state index in [1.165, 1.54) is 16.9 Å². The molecule has 2 aromatic carbocycles. The summed E-state index contributed by atoms with van der Waals surface area (Å²) in [7, 11) is 0. The van der Waals surface area contributed by atoms with E-state index in [9.17, 15) is 9.59 Å². The van der Waals surface area contributed by atoms with E-state index in [2.05, 4.69) is 41.9 Å². The Bertz CT molecular complexity index is 1760. The van der Waals surface area contributed by atoms with Gasteiger partial charge in [-0.3, -0.25) is 9.36 Å². The summed E-state index contributed by atoms with van der Waals surface area (Å²) in [6, 6.07) is 19.1. The molecular formula is C32H31BrN2O4S. The van der Waals surface area contributed by atoms with E-state index in [0.717, 1.165) is 22.0 Å². The van der Waals surface area contributed by atoms with Crippen molar-refractivity contribution in [1.29, 1.82) is 0 Å². The van der Waals surface area contributed by atoms with Crippen molar-refractivity contribution in [3.05, 3.63) is 113 Å². The lowest BCUT2D eigenvalue weighted by Gasteiger charge is -2.26. The zero-order valence-corrected chi connectivity index (χ0v) is 25.3. The third kappa shape index (κ3) is 5.56. The van der Waals surface area contributed by atoms with Gasteiger partial charge in [-0.1, -0.05) is 90.9 Å². The average molecular weight is 620 g/mol. The van der Waals surface area contributed by atoms with Crippen LogP contribution in [0.1, 0.15) is 69.4 Å². The molecule has 1 unspecified atom stereocenters. The first-order valence-electron chi connectivity index (χ1n) is 13.5. The minimum Gasteiger partial charge on any atom is -0.463 e. The van der Waals surface area contributed by atoms with Crippen molar-refractivity contribution in [2.45, 2.75) is 52.5 Å². The van der Waals surface area contributed by atoms with Crippen LogP contribution in [0.3, 0.4) is 0 Å². The molecule has 0 radical (unpaired) electrons. The maximum absolute atomic E-state index is 13.9. The highest BCUT2D eigenvalue weighted by Crippen LogP contribution is 2.33. The number of rotatable bonds is 8. The number of benzene rings is 2. The van der Waals surface area contributed by atoms with Gasteiger partial charge in [-0.2, -0.15) is 0 Å². The fourth-order valence-corrected chi connectivity index (χ4v) is 6.26. The number of nitrogens with zero attached hydrogens (tertiary/aromatic N) is 2. The summed E-state index contributed by atoms with van der Waals surface area (Å²) in [6.45, 7) is 8.35. The van der Waals surface area contributed by atoms with Crippen LogP contribution in [-0.4, -0.2) is 17.1 Å². The van der Waals surface area contributed by atoms with Crippen molar-refractivity contribution in [3.8, 4) is 11.3 Å². The smallest absolute Gasteiger partial charge is 0.338 e. The highest BCUT2D eigenvalue weighted by Gasteiger charge is 2.34. The molecule has 0 bridgehead atoms. The van der Waals surface area contributed by atoms with Gasteiger partial charge in [-0.15, -0.1) is 0 Å². The van der Waals surface area contributed by atoms with Crippen LogP contribution in [0.5, 0.6) is 0 Å². The van der Waals surface area contributed by atoms with E-state index in [0.29, 0.717) is 44.5 Å². The van der Waals surface area contributed by atoms with Crippen LogP contribution < -0.4 is 14.9 Å². The standard InChI is InChI=1S/C32H31BrN2O4S/c1-5-8-25-28(31(37)38-6-2)29(21-13-11-20(12-14-21)19(3)4)35-30(36)27(40-32(35)34-25)18-24-15-16-26(39-24)22-9-7-10-23(33)17-22/h7,9-19,29H,5-6,8H2,1-4H3/b27-18-. The first kappa shape index (κ1) is 28.1. The van der Waals surface area contributed by atoms with Crippen molar-refractivity contribution in [1.82, 2.24) is 4.57 Å². The summed E-state index contributed by atoms with van der Waals surface area (Å²) in [5.41, 5.74) is 3.84. The summed E-state index contributed by atoms with van der Waals surface area (Å²) < 4.78 is 14.6. The minimum absolute atomic E-state index is 0.223. The Morgan fingerprint density at radius 1 is 1.15 bits per heavy atom. The highest BCUT2D eigenvalue weighted by atomic mass is 79.9. The maximum Gasteiger partial charge on any atom is 0.338 e. The molecule has 1 aliphatic heterocycles. The van der Waals surface area contributed by atoms with E-state index >= 15 is 0 Å². The monoisotopic (exact) mass is 618 g/mol. The van der Waals surface area contributed by atoms with Gasteiger partial charge in [0.2, 0.25) is 0 Å². The summed E-state index contributed by atoms with van der Waals surface area (Å²) in [5.74, 6) is 1.20. The molecule has 0 aliphatic carbocycles. The van der Waals surface area contributed by atoms with Gasteiger partial charge in [-0.05, 0) is 54.7 Å². The van der Waals surface area contributed by atoms with Crippen LogP contribution in [0.25, 0.3) is 17.4 Å². The fourth-order valence-electron chi connectivity index (χ4n) is 4.86. The molecule has 5 rings (SSSR count). The fraction of sp³-hybridized carbons (Fsp3) is 0.281. The quantitative estimate of drug-likeness (QED) is 0.205. The van der Waals surface area contributed by atoms with Crippen molar-refractivity contribution < 1.29 is 13.9 Å². The summed E-state index contributed by atoms with van der Waals surface area (Å²) in [5, 5.41) is 0.